The highest BCUT2D eigenvalue weighted by Gasteiger charge is 2.20. The second-order valence-electron chi connectivity index (χ2n) is 4.72. The lowest BCUT2D eigenvalue weighted by molar-refractivity contribution is 0.624. The Labute approximate surface area is 111 Å². The van der Waals surface area contributed by atoms with Crippen molar-refractivity contribution in [2.24, 2.45) is 0 Å². The van der Waals surface area contributed by atoms with Gasteiger partial charge in [0.1, 0.15) is 5.82 Å². The van der Waals surface area contributed by atoms with E-state index in [0.29, 0.717) is 0 Å². The lowest BCUT2D eigenvalue weighted by Gasteiger charge is -2.15. The van der Waals surface area contributed by atoms with Crippen LogP contribution in [-0.2, 0) is 12.8 Å². The van der Waals surface area contributed by atoms with Crippen molar-refractivity contribution in [3.05, 3.63) is 57.0 Å². The molecule has 94 valence electrons. The van der Waals surface area contributed by atoms with Gasteiger partial charge in [-0.15, -0.1) is 11.3 Å². The summed E-state index contributed by atoms with van der Waals surface area (Å²) in [4.78, 5) is 2.88. The maximum Gasteiger partial charge on any atom is 0.123 e. The fourth-order valence-corrected chi connectivity index (χ4v) is 4.02. The Balaban J connectivity index is 1.93. The zero-order valence-electron chi connectivity index (χ0n) is 10.4. The molecule has 1 aromatic carbocycles. The molecule has 1 N–H and O–H groups in total. The minimum Gasteiger partial charge on any atom is -0.309 e. The van der Waals surface area contributed by atoms with Gasteiger partial charge >= 0.3 is 0 Å². The summed E-state index contributed by atoms with van der Waals surface area (Å²) in [5, 5.41) is 3.33. The van der Waals surface area contributed by atoms with E-state index < -0.39 is 0 Å². The van der Waals surface area contributed by atoms with E-state index in [1.807, 2.05) is 30.5 Å². The van der Waals surface area contributed by atoms with Crippen LogP contribution in [0.15, 0.2) is 30.3 Å². The SMILES string of the molecule is CNC(c1ccc(F)cc1)c1cc2c(s1)CCC2. The van der Waals surface area contributed by atoms with Crippen molar-refractivity contribution in [3.63, 3.8) is 0 Å². The summed E-state index contributed by atoms with van der Waals surface area (Å²) in [7, 11) is 1.96. The molecule has 18 heavy (non-hydrogen) atoms. The summed E-state index contributed by atoms with van der Waals surface area (Å²) in [6.07, 6.45) is 3.73. The normalized spacial score (nSPS) is 15.7. The molecule has 0 saturated carbocycles. The second-order valence-corrected chi connectivity index (χ2v) is 5.89. The first-order valence-electron chi connectivity index (χ1n) is 6.32. The van der Waals surface area contributed by atoms with Crippen LogP contribution in [0.5, 0.6) is 0 Å². The van der Waals surface area contributed by atoms with E-state index >= 15 is 0 Å². The summed E-state index contributed by atoms with van der Waals surface area (Å²) < 4.78 is 13.0. The van der Waals surface area contributed by atoms with Gasteiger partial charge in [0.15, 0.2) is 0 Å². The van der Waals surface area contributed by atoms with Crippen LogP contribution in [0.4, 0.5) is 4.39 Å². The Morgan fingerprint density at radius 2 is 2.00 bits per heavy atom. The Morgan fingerprint density at radius 3 is 2.67 bits per heavy atom. The monoisotopic (exact) mass is 261 g/mol. The van der Waals surface area contributed by atoms with Crippen LogP contribution >= 0.6 is 11.3 Å². The molecule has 1 aliphatic carbocycles. The van der Waals surface area contributed by atoms with Gasteiger partial charge in [-0.25, -0.2) is 4.39 Å². The molecule has 3 rings (SSSR count). The highest BCUT2D eigenvalue weighted by atomic mass is 32.1. The molecule has 1 heterocycles. The predicted octanol–water partition coefficient (Wildman–Crippen LogP) is 3.68. The number of benzene rings is 1. The lowest BCUT2D eigenvalue weighted by atomic mass is 10.0. The van der Waals surface area contributed by atoms with Crippen molar-refractivity contribution in [3.8, 4) is 0 Å². The summed E-state index contributed by atoms with van der Waals surface area (Å²) in [6, 6.07) is 9.28. The van der Waals surface area contributed by atoms with Crippen LogP contribution < -0.4 is 5.32 Å². The van der Waals surface area contributed by atoms with E-state index in [4.69, 9.17) is 0 Å². The van der Waals surface area contributed by atoms with Gasteiger partial charge in [-0.05, 0) is 55.6 Å². The molecular formula is C15H16FNS. The average molecular weight is 261 g/mol. The Hall–Kier alpha value is -1.19. The quantitative estimate of drug-likeness (QED) is 0.888. The van der Waals surface area contributed by atoms with Gasteiger partial charge in [0, 0.05) is 9.75 Å². The highest BCUT2D eigenvalue weighted by Crippen LogP contribution is 2.35. The fraction of sp³-hybridized carbons (Fsp3) is 0.333. The molecule has 0 spiro atoms. The van der Waals surface area contributed by atoms with E-state index in [2.05, 4.69) is 11.4 Å². The highest BCUT2D eigenvalue weighted by molar-refractivity contribution is 7.12. The fourth-order valence-electron chi connectivity index (χ4n) is 2.62. The van der Waals surface area contributed by atoms with Gasteiger partial charge in [0.25, 0.3) is 0 Å². The number of hydrogen-bond acceptors (Lipinski definition) is 2. The first kappa shape index (κ1) is 11.9. The Bertz CT molecular complexity index is 523. The van der Waals surface area contributed by atoms with Gasteiger partial charge in [-0.3, -0.25) is 0 Å². The van der Waals surface area contributed by atoms with Crippen molar-refractivity contribution in [1.82, 2.24) is 5.32 Å². The molecule has 1 aliphatic rings. The van der Waals surface area contributed by atoms with Gasteiger partial charge in [0.2, 0.25) is 0 Å². The second kappa shape index (κ2) is 4.82. The summed E-state index contributed by atoms with van der Waals surface area (Å²) >= 11 is 1.90. The van der Waals surface area contributed by atoms with Crippen LogP contribution in [0.25, 0.3) is 0 Å². The minimum absolute atomic E-state index is 0.178. The van der Waals surface area contributed by atoms with Gasteiger partial charge in [0.05, 0.1) is 6.04 Å². The van der Waals surface area contributed by atoms with Crippen molar-refractivity contribution in [1.29, 1.82) is 0 Å². The molecule has 0 aliphatic heterocycles. The third-order valence-corrected chi connectivity index (χ3v) is 4.84. The maximum absolute atomic E-state index is 13.0. The van der Waals surface area contributed by atoms with E-state index in [9.17, 15) is 4.39 Å². The van der Waals surface area contributed by atoms with Crippen LogP contribution in [-0.4, -0.2) is 7.05 Å². The van der Waals surface area contributed by atoms with Gasteiger partial charge in [-0.1, -0.05) is 12.1 Å². The molecule has 0 radical (unpaired) electrons. The van der Waals surface area contributed by atoms with Crippen LogP contribution in [0.3, 0.4) is 0 Å². The number of rotatable bonds is 3. The standard InChI is InChI=1S/C15H16FNS/c1-17-15(10-5-7-12(16)8-6-10)14-9-11-3-2-4-13(11)18-14/h5-9,15,17H,2-4H2,1H3. The molecule has 3 heteroatoms. The van der Waals surface area contributed by atoms with Crippen LogP contribution in [0.1, 0.15) is 33.3 Å². The predicted molar refractivity (Wildman–Crippen MR) is 73.6 cm³/mol. The average Bonchev–Trinajstić information content (AvgIpc) is 2.93. The maximum atomic E-state index is 13.0. The van der Waals surface area contributed by atoms with Crippen molar-refractivity contribution < 1.29 is 4.39 Å². The van der Waals surface area contributed by atoms with Crippen molar-refractivity contribution in [2.75, 3.05) is 7.05 Å². The molecular weight excluding hydrogens is 245 g/mol. The van der Waals surface area contributed by atoms with E-state index in [0.717, 1.165) is 5.56 Å². The molecule has 0 amide bonds. The van der Waals surface area contributed by atoms with Gasteiger partial charge < -0.3 is 5.32 Å². The lowest BCUT2D eigenvalue weighted by Crippen LogP contribution is -2.16. The Kier molecular flexibility index (Phi) is 3.18. The van der Waals surface area contributed by atoms with Gasteiger partial charge in [-0.2, -0.15) is 0 Å². The zero-order valence-corrected chi connectivity index (χ0v) is 11.2. The summed E-state index contributed by atoms with van der Waals surface area (Å²) in [6.45, 7) is 0. The molecule has 0 saturated heterocycles. The number of aryl methyl sites for hydroxylation is 2. The molecule has 0 fully saturated rings. The van der Waals surface area contributed by atoms with E-state index in [1.165, 1.54) is 46.7 Å². The zero-order chi connectivity index (χ0) is 12.5. The van der Waals surface area contributed by atoms with Crippen molar-refractivity contribution >= 4 is 11.3 Å². The number of hydrogen-bond donors (Lipinski definition) is 1. The third kappa shape index (κ3) is 2.08. The smallest absolute Gasteiger partial charge is 0.123 e. The van der Waals surface area contributed by atoms with Crippen molar-refractivity contribution in [2.45, 2.75) is 25.3 Å². The number of halogens is 1. The topological polar surface area (TPSA) is 12.0 Å². The summed E-state index contributed by atoms with van der Waals surface area (Å²) in [5.74, 6) is -0.178. The number of thiophene rings is 1. The first-order chi connectivity index (χ1) is 8.78. The van der Waals surface area contributed by atoms with Crippen LogP contribution in [0.2, 0.25) is 0 Å². The van der Waals surface area contributed by atoms with Crippen LogP contribution in [0, 0.1) is 5.82 Å². The third-order valence-electron chi connectivity index (χ3n) is 3.54. The van der Waals surface area contributed by atoms with E-state index in [-0.39, 0.29) is 11.9 Å². The summed E-state index contributed by atoms with van der Waals surface area (Å²) in [5.41, 5.74) is 2.64. The minimum atomic E-state index is -0.178. The molecule has 1 aromatic heterocycles. The molecule has 1 atom stereocenters. The molecule has 1 nitrogen and oxygen atoms in total. The number of fused-ring (bicyclic) bond motifs is 1. The first-order valence-corrected chi connectivity index (χ1v) is 7.14. The molecule has 1 unspecified atom stereocenters. The molecule has 0 bridgehead atoms. The van der Waals surface area contributed by atoms with E-state index in [1.54, 1.807) is 0 Å². The Morgan fingerprint density at radius 1 is 1.22 bits per heavy atom. The largest absolute Gasteiger partial charge is 0.309 e. The number of nitrogens with one attached hydrogen (secondary N) is 1. The molecule has 2 aromatic rings.